The van der Waals surface area contributed by atoms with Crippen molar-refractivity contribution in [1.29, 1.82) is 0 Å². The third kappa shape index (κ3) is 5.14. The molecule has 0 spiro atoms. The molecule has 2 aliphatic carbocycles. The Labute approximate surface area is 238 Å². The third-order valence-electron chi connectivity index (χ3n) is 7.74. The Balaban J connectivity index is 0.000000182. The Bertz CT molecular complexity index is 2060. The molecule has 1 aliphatic heterocycles. The van der Waals surface area contributed by atoms with Gasteiger partial charge in [-0.3, -0.25) is 0 Å². The van der Waals surface area contributed by atoms with Gasteiger partial charge in [0.2, 0.25) is 9.84 Å². The van der Waals surface area contributed by atoms with Gasteiger partial charge in [0.05, 0.1) is 15.4 Å². The number of aliphatic carboxylic acids is 1. The van der Waals surface area contributed by atoms with E-state index >= 15 is 0 Å². The second-order valence-electron chi connectivity index (χ2n) is 10.2. The van der Waals surface area contributed by atoms with Crippen molar-refractivity contribution in [2.75, 3.05) is 5.32 Å². The molecule has 3 aliphatic rings. The maximum atomic E-state index is 13.3. The van der Waals surface area contributed by atoms with Gasteiger partial charge in [0.1, 0.15) is 0 Å². The molecule has 204 valence electrons. The summed E-state index contributed by atoms with van der Waals surface area (Å²) in [4.78, 5) is 11.7. The number of fused-ring (bicyclic) bond motifs is 5. The minimum absolute atomic E-state index is 0.280. The van der Waals surface area contributed by atoms with Crippen molar-refractivity contribution in [1.82, 2.24) is 0 Å². The summed E-state index contributed by atoms with van der Waals surface area (Å²) in [6.45, 7) is 0. The molecule has 4 aromatic carbocycles. The van der Waals surface area contributed by atoms with E-state index in [1.807, 2.05) is 36.4 Å². The van der Waals surface area contributed by atoms with Crippen molar-refractivity contribution >= 4 is 38.6 Å². The lowest BCUT2D eigenvalue weighted by atomic mass is 9.89. The first-order chi connectivity index (χ1) is 19.9. The molecule has 0 bridgehead atoms. The number of sulfone groups is 1. The molecule has 41 heavy (non-hydrogen) atoms. The van der Waals surface area contributed by atoms with Crippen molar-refractivity contribution < 1.29 is 18.3 Å². The van der Waals surface area contributed by atoms with Gasteiger partial charge < -0.3 is 10.4 Å². The number of hydrogen-bond acceptors (Lipinski definition) is 4. The van der Waals surface area contributed by atoms with Crippen molar-refractivity contribution in [3.8, 4) is 0 Å². The first-order valence-electron chi connectivity index (χ1n) is 13.6. The van der Waals surface area contributed by atoms with Gasteiger partial charge in [-0.2, -0.15) is 0 Å². The number of carboxylic acids is 1. The Kier molecular flexibility index (Phi) is 7.16. The van der Waals surface area contributed by atoms with Crippen molar-refractivity contribution in [2.24, 2.45) is 0 Å². The van der Waals surface area contributed by atoms with Crippen LogP contribution in [0.15, 0.2) is 114 Å². The standard InChI is InChI=1S/C24H20O2S.C11H9NO2/c25-27(26,18-8-2-1-3-9-18)24-12-6-11-20-22-14-13-17-7-4-5-10-19(17)21(22)15-16-23(20)24;13-11(14)9-5-6-12-10-4-2-1-3-8(10)7-9/h1-5,7-10,13,15-16H,6,11-12,14H2;1-7,12H,(H,13,14). The van der Waals surface area contributed by atoms with Crippen molar-refractivity contribution in [3.63, 3.8) is 0 Å². The minimum atomic E-state index is -3.46. The zero-order valence-electron chi connectivity index (χ0n) is 22.4. The Hall–Kier alpha value is -4.68. The van der Waals surface area contributed by atoms with Crippen LogP contribution in [0.3, 0.4) is 0 Å². The van der Waals surface area contributed by atoms with Crippen LogP contribution < -0.4 is 15.8 Å². The lowest BCUT2D eigenvalue weighted by Crippen LogP contribution is -2.25. The molecule has 0 unspecified atom stereocenters. The molecule has 6 heteroatoms. The maximum absolute atomic E-state index is 13.3. The molecular weight excluding hydrogens is 530 g/mol. The average Bonchev–Trinajstić information content (AvgIpc) is 3.24. The molecule has 0 atom stereocenters. The van der Waals surface area contributed by atoms with Crippen LogP contribution in [0.5, 0.6) is 0 Å². The normalized spacial score (nSPS) is 14.7. The van der Waals surface area contributed by atoms with Gasteiger partial charge in [-0.05, 0) is 93.6 Å². The van der Waals surface area contributed by atoms with Gasteiger partial charge in [-0.25, -0.2) is 13.2 Å². The van der Waals surface area contributed by atoms with Crippen LogP contribution in [-0.2, 0) is 27.5 Å². The Morgan fingerprint density at radius 1 is 0.756 bits per heavy atom. The van der Waals surface area contributed by atoms with E-state index in [4.69, 9.17) is 5.11 Å². The molecule has 0 saturated heterocycles. The zero-order valence-corrected chi connectivity index (χ0v) is 23.2. The number of anilines is 1. The number of para-hydroxylation sites is 1. The summed E-state index contributed by atoms with van der Waals surface area (Å²) >= 11 is 0. The van der Waals surface area contributed by atoms with Gasteiger partial charge in [0.15, 0.2) is 0 Å². The molecule has 0 fully saturated rings. The molecule has 4 aromatic rings. The smallest absolute Gasteiger partial charge is 0.335 e. The summed E-state index contributed by atoms with van der Waals surface area (Å²) in [5, 5.41) is 16.6. The van der Waals surface area contributed by atoms with E-state index in [1.54, 1.807) is 42.6 Å². The van der Waals surface area contributed by atoms with E-state index < -0.39 is 15.8 Å². The summed E-state index contributed by atoms with van der Waals surface area (Å²) in [5.74, 6) is -0.917. The Morgan fingerprint density at radius 3 is 2.32 bits per heavy atom. The Morgan fingerprint density at radius 2 is 1.49 bits per heavy atom. The van der Waals surface area contributed by atoms with Gasteiger partial charge in [-0.1, -0.05) is 78.9 Å². The maximum Gasteiger partial charge on any atom is 0.335 e. The quantitative estimate of drug-likeness (QED) is 0.355. The monoisotopic (exact) mass is 559 g/mol. The highest BCUT2D eigenvalue weighted by Crippen LogP contribution is 2.28. The molecule has 0 amide bonds. The van der Waals surface area contributed by atoms with Crippen LogP contribution in [0, 0.1) is 10.4 Å². The number of carboxylic acid groups (broad SMARTS) is 1. The number of benzene rings is 4. The van der Waals surface area contributed by atoms with Crippen LogP contribution in [0.25, 0.3) is 17.1 Å². The molecule has 0 aromatic heterocycles. The van der Waals surface area contributed by atoms with Crippen LogP contribution in [0.1, 0.15) is 29.5 Å². The zero-order chi connectivity index (χ0) is 28.4. The van der Waals surface area contributed by atoms with Crippen LogP contribution >= 0.6 is 0 Å². The molecule has 7 rings (SSSR count). The van der Waals surface area contributed by atoms with Gasteiger partial charge >= 0.3 is 5.97 Å². The van der Waals surface area contributed by atoms with E-state index in [9.17, 15) is 13.2 Å². The molecule has 1 heterocycles. The first kappa shape index (κ1) is 26.5. The van der Waals surface area contributed by atoms with E-state index in [2.05, 4.69) is 41.7 Å². The molecule has 0 saturated carbocycles. The van der Waals surface area contributed by atoms with Gasteiger partial charge in [-0.15, -0.1) is 0 Å². The van der Waals surface area contributed by atoms with E-state index in [0.717, 1.165) is 35.7 Å². The fourth-order valence-corrected chi connectivity index (χ4v) is 7.46. The summed E-state index contributed by atoms with van der Waals surface area (Å²) in [7, 11) is -3.46. The second kappa shape index (κ2) is 11.1. The minimum Gasteiger partial charge on any atom is -0.478 e. The molecule has 2 N–H and O–H groups in total. The molecule has 5 nitrogen and oxygen atoms in total. The third-order valence-corrected chi connectivity index (χ3v) is 9.70. The van der Waals surface area contributed by atoms with E-state index in [0.29, 0.717) is 16.2 Å². The second-order valence-corrected chi connectivity index (χ2v) is 12.1. The SMILES string of the molecule is O=C(O)C1=Cc2ccccc2NC=C1.O=S(=O)(C1=c2ccc3c(c2CCC1)CC=c1ccccc1=3)c1ccccc1. The van der Waals surface area contributed by atoms with Crippen molar-refractivity contribution in [2.45, 2.75) is 30.6 Å². The first-order valence-corrected chi connectivity index (χ1v) is 15.1. The number of carbonyl (C=O) groups is 1. The van der Waals surface area contributed by atoms with Crippen LogP contribution in [0.2, 0.25) is 0 Å². The summed E-state index contributed by atoms with van der Waals surface area (Å²) < 4.78 is 26.5. The largest absolute Gasteiger partial charge is 0.478 e. The highest BCUT2D eigenvalue weighted by Gasteiger charge is 2.25. The predicted octanol–water partition coefficient (Wildman–Crippen LogP) is 5.32. The predicted molar refractivity (Wildman–Crippen MR) is 163 cm³/mol. The summed E-state index contributed by atoms with van der Waals surface area (Å²) in [5.41, 5.74) is 4.60. The van der Waals surface area contributed by atoms with Crippen LogP contribution in [-0.4, -0.2) is 19.5 Å². The van der Waals surface area contributed by atoms with E-state index in [1.165, 1.54) is 26.8 Å². The lowest BCUT2D eigenvalue weighted by molar-refractivity contribution is -0.132. The van der Waals surface area contributed by atoms with E-state index in [-0.39, 0.29) is 5.57 Å². The number of rotatable bonds is 3. The van der Waals surface area contributed by atoms with Gasteiger partial charge in [0, 0.05) is 11.9 Å². The van der Waals surface area contributed by atoms with Gasteiger partial charge in [0.25, 0.3) is 0 Å². The van der Waals surface area contributed by atoms with Crippen LogP contribution in [0.4, 0.5) is 5.69 Å². The number of nitrogens with one attached hydrogen (secondary N) is 1. The number of hydrogen-bond donors (Lipinski definition) is 2. The summed E-state index contributed by atoms with van der Waals surface area (Å²) in [6, 6.07) is 29.0. The fourth-order valence-electron chi connectivity index (χ4n) is 5.76. The highest BCUT2D eigenvalue weighted by atomic mass is 32.2. The average molecular weight is 560 g/mol. The summed E-state index contributed by atoms with van der Waals surface area (Å²) in [6.07, 6.45) is 10.4. The molecular formula is C35H29NO4S. The fraction of sp³-hybridized carbons (Fsp3) is 0.114. The highest BCUT2D eigenvalue weighted by molar-refractivity contribution is 8.00. The topological polar surface area (TPSA) is 83.5 Å². The lowest BCUT2D eigenvalue weighted by Gasteiger charge is -2.20. The van der Waals surface area contributed by atoms with Crippen molar-refractivity contribution in [3.05, 3.63) is 146 Å². The molecule has 0 radical (unpaired) electrons.